The minimum absolute atomic E-state index is 0.0698. The molecule has 0 radical (unpaired) electrons. The van der Waals surface area contributed by atoms with Crippen LogP contribution in [0, 0.1) is 0 Å². The predicted octanol–water partition coefficient (Wildman–Crippen LogP) is 2.07. The van der Waals surface area contributed by atoms with Gasteiger partial charge in [-0.2, -0.15) is 13.2 Å². The number of nitrogens with zero attached hydrogens (tertiary/aromatic N) is 5. The van der Waals surface area contributed by atoms with Crippen molar-refractivity contribution in [2.75, 3.05) is 6.54 Å². The third kappa shape index (κ3) is 2.13. The van der Waals surface area contributed by atoms with E-state index in [1.165, 1.54) is 0 Å². The Bertz CT molecular complexity index is 646. The molecule has 0 spiro atoms. The molecule has 0 amide bonds. The van der Waals surface area contributed by atoms with Gasteiger partial charge in [0.1, 0.15) is 5.82 Å². The lowest BCUT2D eigenvalue weighted by Gasteiger charge is -2.30. The van der Waals surface area contributed by atoms with Crippen molar-refractivity contribution in [2.24, 2.45) is 0 Å². The first-order valence-corrected chi connectivity index (χ1v) is 6.39. The molecule has 0 saturated heterocycles. The third-order valence-corrected chi connectivity index (χ3v) is 3.51. The van der Waals surface area contributed by atoms with E-state index in [2.05, 4.69) is 33.7 Å². The molecule has 1 aliphatic rings. The molecule has 0 unspecified atom stereocenters. The number of alkyl halides is 3. The molecule has 20 heavy (non-hydrogen) atoms. The highest BCUT2D eigenvalue weighted by Gasteiger charge is 2.34. The summed E-state index contributed by atoms with van der Waals surface area (Å²) in [6.45, 7) is 6.27. The highest BCUT2D eigenvalue weighted by atomic mass is 19.4. The van der Waals surface area contributed by atoms with Crippen molar-refractivity contribution in [2.45, 2.75) is 39.2 Å². The lowest BCUT2D eigenvalue weighted by Crippen LogP contribution is -2.38. The maximum atomic E-state index is 12.6. The first kappa shape index (κ1) is 13.3. The fourth-order valence-corrected chi connectivity index (χ4v) is 2.37. The summed E-state index contributed by atoms with van der Waals surface area (Å²) in [6, 6.07) is 0.371. The third-order valence-electron chi connectivity index (χ3n) is 3.51. The van der Waals surface area contributed by atoms with Crippen LogP contribution in [0.1, 0.15) is 25.4 Å². The van der Waals surface area contributed by atoms with Crippen molar-refractivity contribution in [1.82, 2.24) is 24.4 Å². The first-order chi connectivity index (χ1) is 9.36. The zero-order valence-electron chi connectivity index (χ0n) is 11.1. The van der Waals surface area contributed by atoms with Crippen LogP contribution in [0.15, 0.2) is 6.20 Å². The molecular formula is C12H14F3N5. The monoisotopic (exact) mass is 285 g/mol. The molecular weight excluding hydrogens is 271 g/mol. The second-order valence-electron chi connectivity index (χ2n) is 5.14. The quantitative estimate of drug-likeness (QED) is 0.804. The highest BCUT2D eigenvalue weighted by molar-refractivity contribution is 5.66. The second kappa shape index (κ2) is 4.41. The van der Waals surface area contributed by atoms with Gasteiger partial charge in [-0.3, -0.25) is 4.90 Å². The van der Waals surface area contributed by atoms with E-state index in [4.69, 9.17) is 0 Å². The Kier molecular flexibility index (Phi) is 2.93. The van der Waals surface area contributed by atoms with Crippen LogP contribution in [-0.4, -0.2) is 37.0 Å². The Morgan fingerprint density at radius 1 is 1.20 bits per heavy atom. The van der Waals surface area contributed by atoms with Gasteiger partial charge in [-0.1, -0.05) is 0 Å². The maximum absolute atomic E-state index is 12.6. The van der Waals surface area contributed by atoms with Crippen molar-refractivity contribution in [3.8, 4) is 0 Å². The molecule has 0 N–H and O–H groups in total. The van der Waals surface area contributed by atoms with Crippen molar-refractivity contribution in [1.29, 1.82) is 0 Å². The zero-order valence-corrected chi connectivity index (χ0v) is 11.1. The van der Waals surface area contributed by atoms with Crippen LogP contribution in [0.2, 0.25) is 0 Å². The van der Waals surface area contributed by atoms with Gasteiger partial charge in [0.15, 0.2) is 17.0 Å². The minimum atomic E-state index is -4.49. The molecule has 0 bridgehead atoms. The van der Waals surface area contributed by atoms with Crippen LogP contribution in [0.4, 0.5) is 13.2 Å². The van der Waals surface area contributed by atoms with Gasteiger partial charge in [0.25, 0.3) is 0 Å². The van der Waals surface area contributed by atoms with E-state index in [1.54, 1.807) is 0 Å². The summed E-state index contributed by atoms with van der Waals surface area (Å²) < 4.78 is 39.7. The van der Waals surface area contributed by atoms with Gasteiger partial charge in [0.05, 0.1) is 12.7 Å². The van der Waals surface area contributed by atoms with E-state index in [9.17, 15) is 13.2 Å². The molecule has 5 nitrogen and oxygen atoms in total. The summed E-state index contributed by atoms with van der Waals surface area (Å²) in [5.41, 5.74) is -0.502. The number of fused-ring (bicyclic) bond motifs is 3. The van der Waals surface area contributed by atoms with E-state index in [0.29, 0.717) is 24.8 Å². The summed E-state index contributed by atoms with van der Waals surface area (Å²) in [7, 11) is 0. The Balaban J connectivity index is 2.04. The van der Waals surface area contributed by atoms with Gasteiger partial charge in [0, 0.05) is 19.1 Å². The first-order valence-electron chi connectivity index (χ1n) is 6.39. The van der Waals surface area contributed by atoms with E-state index in [1.807, 2.05) is 4.57 Å². The molecule has 0 atom stereocenters. The number of imidazole rings is 1. The van der Waals surface area contributed by atoms with Crippen molar-refractivity contribution in [3.05, 3.63) is 17.7 Å². The number of aromatic nitrogens is 4. The number of hydrogen-bond acceptors (Lipinski definition) is 4. The molecule has 0 aromatic carbocycles. The minimum Gasteiger partial charge on any atom is -0.309 e. The normalized spacial score (nSPS) is 16.9. The largest absolute Gasteiger partial charge is 0.434 e. The molecule has 0 fully saturated rings. The average molecular weight is 285 g/mol. The van der Waals surface area contributed by atoms with E-state index in [-0.39, 0.29) is 5.65 Å². The van der Waals surface area contributed by atoms with Gasteiger partial charge in [-0.05, 0) is 13.8 Å². The predicted molar refractivity (Wildman–Crippen MR) is 65.9 cm³/mol. The van der Waals surface area contributed by atoms with Crippen LogP contribution in [0.3, 0.4) is 0 Å². The fraction of sp³-hybridized carbons (Fsp3) is 0.583. The average Bonchev–Trinajstić information content (AvgIpc) is 2.73. The molecule has 2 aromatic rings. The van der Waals surface area contributed by atoms with Crippen LogP contribution >= 0.6 is 0 Å². The molecule has 108 valence electrons. The molecule has 2 aromatic heterocycles. The Morgan fingerprint density at radius 3 is 2.60 bits per heavy atom. The van der Waals surface area contributed by atoms with E-state index >= 15 is 0 Å². The molecule has 0 aliphatic carbocycles. The lowest BCUT2D eigenvalue weighted by molar-refractivity contribution is -0.141. The number of hydrogen-bond donors (Lipinski definition) is 0. The van der Waals surface area contributed by atoms with Gasteiger partial charge >= 0.3 is 6.18 Å². The number of rotatable bonds is 1. The van der Waals surface area contributed by atoms with Crippen LogP contribution < -0.4 is 0 Å². The second-order valence-corrected chi connectivity index (χ2v) is 5.14. The fourth-order valence-electron chi connectivity index (χ4n) is 2.37. The van der Waals surface area contributed by atoms with Crippen molar-refractivity contribution in [3.63, 3.8) is 0 Å². The van der Waals surface area contributed by atoms with Gasteiger partial charge in [0.2, 0.25) is 0 Å². The Morgan fingerprint density at radius 2 is 1.95 bits per heavy atom. The van der Waals surface area contributed by atoms with Crippen molar-refractivity contribution >= 4 is 11.3 Å². The summed E-state index contributed by atoms with van der Waals surface area (Å²) >= 11 is 0. The topological polar surface area (TPSA) is 46.8 Å². The smallest absolute Gasteiger partial charge is 0.309 e. The summed E-state index contributed by atoms with van der Waals surface area (Å²) in [4.78, 5) is 13.9. The van der Waals surface area contributed by atoms with Crippen LogP contribution in [-0.2, 0) is 19.3 Å². The zero-order chi connectivity index (χ0) is 14.5. The Hall–Kier alpha value is -1.70. The van der Waals surface area contributed by atoms with Crippen LogP contribution in [0.5, 0.6) is 0 Å². The lowest BCUT2D eigenvalue weighted by atomic mass is 10.2. The maximum Gasteiger partial charge on any atom is 0.434 e. The molecule has 3 rings (SSSR count). The highest BCUT2D eigenvalue weighted by Crippen LogP contribution is 2.28. The molecule has 8 heteroatoms. The van der Waals surface area contributed by atoms with Gasteiger partial charge in [-0.15, -0.1) is 0 Å². The molecule has 1 aliphatic heterocycles. The van der Waals surface area contributed by atoms with E-state index in [0.717, 1.165) is 18.6 Å². The molecule has 3 heterocycles. The SMILES string of the molecule is CC(C)N1CCn2c(nc3nc(C(F)(F)F)cnc32)C1. The Labute approximate surface area is 113 Å². The van der Waals surface area contributed by atoms with Crippen molar-refractivity contribution < 1.29 is 13.2 Å². The van der Waals surface area contributed by atoms with E-state index < -0.39 is 11.9 Å². The summed E-state index contributed by atoms with van der Waals surface area (Å²) in [6.07, 6.45) is -3.72. The standard InChI is InChI=1S/C12H14F3N5/c1-7(2)19-3-4-20-9(6-19)18-10-11(20)16-5-8(17-10)12(13,14)15/h5,7H,3-4,6H2,1-2H3. The van der Waals surface area contributed by atoms with Gasteiger partial charge < -0.3 is 4.57 Å². The number of halogens is 3. The summed E-state index contributed by atoms with van der Waals surface area (Å²) in [5.74, 6) is 0.722. The summed E-state index contributed by atoms with van der Waals surface area (Å²) in [5, 5.41) is 0. The van der Waals surface area contributed by atoms with Crippen LogP contribution in [0.25, 0.3) is 11.3 Å². The van der Waals surface area contributed by atoms with Gasteiger partial charge in [-0.25, -0.2) is 15.0 Å². The molecule has 0 saturated carbocycles.